The molecule has 3 aromatic carbocycles. The molecule has 0 bridgehead atoms. The van der Waals surface area contributed by atoms with Crippen molar-refractivity contribution in [3.8, 4) is 0 Å². The highest BCUT2D eigenvalue weighted by Gasteiger charge is 2.57. The zero-order chi connectivity index (χ0) is 33.7. The molecule has 4 amide bonds. The molecule has 240 valence electrons. The predicted octanol–water partition coefficient (Wildman–Crippen LogP) is 6.26. The molecule has 0 aromatic heterocycles. The van der Waals surface area contributed by atoms with Gasteiger partial charge in [0.2, 0.25) is 0 Å². The van der Waals surface area contributed by atoms with E-state index in [0.29, 0.717) is 86.2 Å². The predicted molar refractivity (Wildman–Crippen MR) is 177 cm³/mol. The van der Waals surface area contributed by atoms with Crippen LogP contribution < -0.4 is 0 Å². The van der Waals surface area contributed by atoms with Crippen LogP contribution in [0, 0.1) is 0 Å². The molecule has 0 saturated heterocycles. The number of carbonyl (C=O) groups excluding carboxylic acids is 6. The maximum atomic E-state index is 14.4. The van der Waals surface area contributed by atoms with Gasteiger partial charge in [0.1, 0.15) is 0 Å². The summed E-state index contributed by atoms with van der Waals surface area (Å²) in [7, 11) is 0. The Labute approximate surface area is 275 Å². The van der Waals surface area contributed by atoms with Gasteiger partial charge in [0.15, 0.2) is 0 Å². The van der Waals surface area contributed by atoms with Crippen molar-refractivity contribution in [1.82, 2.24) is 9.80 Å². The molecule has 2 unspecified atom stereocenters. The van der Waals surface area contributed by atoms with E-state index in [1.807, 2.05) is 46.8 Å². The number of nitrogens with zero attached hydrogens (tertiary/aromatic N) is 2. The van der Waals surface area contributed by atoms with Crippen molar-refractivity contribution in [3.63, 3.8) is 0 Å². The highest BCUT2D eigenvalue weighted by Crippen LogP contribution is 2.64. The van der Waals surface area contributed by atoms with Crippen LogP contribution in [0.4, 0.5) is 0 Å². The first-order valence-corrected chi connectivity index (χ1v) is 16.9. The van der Waals surface area contributed by atoms with Gasteiger partial charge in [-0.2, -0.15) is 0 Å². The Morgan fingerprint density at radius 1 is 0.750 bits per heavy atom. The molecule has 0 saturated carbocycles. The molecule has 9 rings (SSSR count). The lowest BCUT2D eigenvalue weighted by atomic mass is 9.52. The minimum atomic E-state index is -0.989. The molecule has 0 N–H and O–H groups in total. The number of fused-ring (bicyclic) bond motifs is 4. The van der Waals surface area contributed by atoms with E-state index in [9.17, 15) is 28.8 Å². The summed E-state index contributed by atoms with van der Waals surface area (Å²) >= 11 is 0. The number of cyclic esters (lactones) is 2. The zero-order valence-electron chi connectivity index (χ0n) is 27.3. The number of rotatable bonds is 6. The van der Waals surface area contributed by atoms with E-state index in [-0.39, 0.29) is 35.0 Å². The van der Waals surface area contributed by atoms with Crippen molar-refractivity contribution in [3.05, 3.63) is 86.0 Å². The first kappa shape index (κ1) is 29.0. The van der Waals surface area contributed by atoms with E-state index in [4.69, 9.17) is 4.74 Å². The van der Waals surface area contributed by atoms with Crippen LogP contribution in [0.3, 0.4) is 0 Å². The number of imide groups is 2. The van der Waals surface area contributed by atoms with Gasteiger partial charge in [-0.05, 0) is 82.3 Å². The Morgan fingerprint density at radius 2 is 1.38 bits per heavy atom. The number of esters is 2. The first-order chi connectivity index (χ1) is 23.0. The smallest absolute Gasteiger partial charge is 0.347 e. The number of ether oxygens (including phenoxy) is 1. The van der Waals surface area contributed by atoms with Crippen LogP contribution in [0.1, 0.15) is 124 Å². The average molecular weight is 641 g/mol. The summed E-state index contributed by atoms with van der Waals surface area (Å²) in [6.45, 7) is 9.76. The van der Waals surface area contributed by atoms with Crippen LogP contribution in [0.5, 0.6) is 0 Å². The molecule has 3 aromatic rings. The van der Waals surface area contributed by atoms with Gasteiger partial charge in [0, 0.05) is 51.1 Å². The Bertz CT molecular complexity index is 2320. The number of amides is 4. The van der Waals surface area contributed by atoms with Gasteiger partial charge in [0.05, 0.1) is 11.1 Å². The third-order valence-corrected chi connectivity index (χ3v) is 11.9. The standard InChI is InChI=1S/C39H32N2O7/c1-6-16(7-2)40-33(42)19-11-10-18-25-13-12-20-31-24(36(45)41(34(20)43)17(8-3)9-4)15-22-30-29(37(46)48-38(30)47)21-14-23(35(40)44)26(19)27(18)28(21)32(22)39(25,31)5/h10-17,25H,6-9H2,1-5H3. The largest absolute Gasteiger partial charge is 0.386 e. The van der Waals surface area contributed by atoms with Crippen LogP contribution >= 0.6 is 0 Å². The van der Waals surface area contributed by atoms with E-state index >= 15 is 0 Å². The van der Waals surface area contributed by atoms with E-state index in [0.717, 1.165) is 5.56 Å². The molecule has 9 heteroatoms. The van der Waals surface area contributed by atoms with Gasteiger partial charge >= 0.3 is 11.9 Å². The van der Waals surface area contributed by atoms with Crippen molar-refractivity contribution in [2.24, 2.45) is 0 Å². The molecule has 3 aliphatic carbocycles. The minimum Gasteiger partial charge on any atom is -0.386 e. The molecule has 2 atom stereocenters. The summed E-state index contributed by atoms with van der Waals surface area (Å²) in [6.07, 6.45) is 7.80. The fraction of sp³-hybridized carbons (Fsp3) is 0.333. The van der Waals surface area contributed by atoms with E-state index < -0.39 is 35.1 Å². The van der Waals surface area contributed by atoms with Crippen LogP contribution in [-0.2, 0) is 19.7 Å². The van der Waals surface area contributed by atoms with Crippen LogP contribution in [-0.4, -0.2) is 57.5 Å². The van der Waals surface area contributed by atoms with Gasteiger partial charge in [-0.25, -0.2) is 9.59 Å². The highest BCUT2D eigenvalue weighted by molar-refractivity contribution is 6.35. The maximum Gasteiger partial charge on any atom is 0.347 e. The molecule has 0 radical (unpaired) electrons. The van der Waals surface area contributed by atoms with Gasteiger partial charge in [-0.15, -0.1) is 0 Å². The van der Waals surface area contributed by atoms with Gasteiger partial charge in [-0.3, -0.25) is 29.0 Å². The monoisotopic (exact) mass is 640 g/mol. The number of carbonyl (C=O) groups is 6. The molecule has 48 heavy (non-hydrogen) atoms. The first-order valence-electron chi connectivity index (χ1n) is 16.9. The summed E-state index contributed by atoms with van der Waals surface area (Å²) in [4.78, 5) is 86.8. The molecular weight excluding hydrogens is 608 g/mol. The van der Waals surface area contributed by atoms with Crippen LogP contribution in [0.25, 0.3) is 27.6 Å². The Kier molecular flexibility index (Phi) is 5.58. The molecule has 0 spiro atoms. The van der Waals surface area contributed by atoms with Crippen molar-refractivity contribution in [1.29, 1.82) is 0 Å². The Hall–Kier alpha value is -5.18. The molecule has 3 heterocycles. The lowest BCUT2D eigenvalue weighted by Gasteiger charge is -2.52. The number of hydrogen-bond acceptors (Lipinski definition) is 7. The molecule has 6 aliphatic rings. The maximum absolute atomic E-state index is 14.4. The van der Waals surface area contributed by atoms with Crippen molar-refractivity contribution < 1.29 is 33.5 Å². The fourth-order valence-electron chi connectivity index (χ4n) is 9.74. The average Bonchev–Trinajstić information content (AvgIpc) is 3.38. The molecule has 9 nitrogen and oxygen atoms in total. The van der Waals surface area contributed by atoms with Gasteiger partial charge < -0.3 is 4.74 Å². The van der Waals surface area contributed by atoms with Gasteiger partial charge in [0.25, 0.3) is 23.6 Å². The fourth-order valence-corrected chi connectivity index (χ4v) is 9.74. The second-order valence-electron chi connectivity index (χ2n) is 13.8. The number of hydrogen-bond donors (Lipinski definition) is 0. The topological polar surface area (TPSA) is 118 Å². The van der Waals surface area contributed by atoms with Crippen LogP contribution in [0.15, 0.2) is 47.1 Å². The summed E-state index contributed by atoms with van der Waals surface area (Å²) in [5.41, 5.74) is 3.13. The van der Waals surface area contributed by atoms with E-state index in [1.54, 1.807) is 24.3 Å². The quantitative estimate of drug-likeness (QED) is 0.135. The third-order valence-electron chi connectivity index (χ3n) is 11.9. The van der Waals surface area contributed by atoms with Crippen LogP contribution in [0.2, 0.25) is 0 Å². The Morgan fingerprint density at radius 3 is 2.04 bits per heavy atom. The van der Waals surface area contributed by atoms with Crippen molar-refractivity contribution in [2.45, 2.75) is 83.7 Å². The molecule has 0 fully saturated rings. The SMILES string of the molecule is CCC(CC)N1C(=O)C2=Cc3c4c(c5cc6c7c(ccc8c7c5c3C3(C)C2=C(C=CC83)C1=O)C(=O)N(C(CC)CC)C6=O)C(=O)OC4=O. The summed E-state index contributed by atoms with van der Waals surface area (Å²) < 4.78 is 5.26. The van der Waals surface area contributed by atoms with E-state index in [1.165, 1.54) is 9.80 Å². The van der Waals surface area contributed by atoms with E-state index in [2.05, 4.69) is 0 Å². The van der Waals surface area contributed by atoms with Crippen molar-refractivity contribution >= 4 is 63.2 Å². The minimum absolute atomic E-state index is 0.0520. The summed E-state index contributed by atoms with van der Waals surface area (Å²) in [5, 5.41) is 2.24. The molecular formula is C39H32N2O7. The summed E-state index contributed by atoms with van der Waals surface area (Å²) in [6, 6.07) is 4.72. The zero-order valence-corrected chi connectivity index (χ0v) is 27.3. The third kappa shape index (κ3) is 3.00. The number of allylic oxidation sites excluding steroid dienone is 1. The molecule has 3 aliphatic heterocycles. The van der Waals surface area contributed by atoms with Gasteiger partial charge in [-0.1, -0.05) is 52.8 Å². The van der Waals surface area contributed by atoms with Crippen molar-refractivity contribution in [2.75, 3.05) is 0 Å². The second-order valence-corrected chi connectivity index (χ2v) is 13.8. The second kappa shape index (κ2) is 9.24. The Balaban J connectivity index is 1.48. The lowest BCUT2D eigenvalue weighted by molar-refractivity contribution is -0.143. The summed E-state index contributed by atoms with van der Waals surface area (Å²) in [5.74, 6) is -3.61. The normalized spacial score (nSPS) is 23.1. The number of benzene rings is 3. The lowest BCUT2D eigenvalue weighted by Crippen LogP contribution is -2.53. The highest BCUT2D eigenvalue weighted by atomic mass is 16.6.